The van der Waals surface area contributed by atoms with Crippen LogP contribution < -0.4 is 4.74 Å². The van der Waals surface area contributed by atoms with Crippen molar-refractivity contribution in [3.63, 3.8) is 0 Å². The second-order valence-electron chi connectivity index (χ2n) is 14.6. The van der Waals surface area contributed by atoms with E-state index in [4.69, 9.17) is 14.8 Å². The maximum absolute atomic E-state index is 6.68. The summed E-state index contributed by atoms with van der Waals surface area (Å²) in [5.74, 6) is 2.79. The third-order valence-electron chi connectivity index (χ3n) is 10.9. The summed E-state index contributed by atoms with van der Waals surface area (Å²) in [6.07, 6.45) is 7.49. The monoisotopic (exact) mass is 897 g/mol. The van der Waals surface area contributed by atoms with E-state index in [-0.39, 0.29) is 27.0 Å². The minimum atomic E-state index is 0. The molecule has 55 heavy (non-hydrogen) atoms. The molecule has 1 aliphatic carbocycles. The average molecular weight is 898 g/mol. The van der Waals surface area contributed by atoms with Gasteiger partial charge in [0, 0.05) is 45.8 Å². The van der Waals surface area contributed by atoms with Gasteiger partial charge in [-0.05, 0) is 66.9 Å². The van der Waals surface area contributed by atoms with Crippen LogP contribution in [0.1, 0.15) is 56.2 Å². The van der Waals surface area contributed by atoms with Crippen LogP contribution in [0.2, 0.25) is 0 Å². The summed E-state index contributed by atoms with van der Waals surface area (Å²) < 4.78 is 11.0. The van der Waals surface area contributed by atoms with Crippen molar-refractivity contribution in [2.75, 3.05) is 0 Å². The van der Waals surface area contributed by atoms with Gasteiger partial charge in [-0.3, -0.25) is 4.68 Å². The summed E-state index contributed by atoms with van der Waals surface area (Å²) in [5, 5.41) is 7.72. The van der Waals surface area contributed by atoms with Crippen LogP contribution in [0.25, 0.3) is 55.8 Å². The molecule has 0 radical (unpaired) electrons. The van der Waals surface area contributed by atoms with Crippen molar-refractivity contribution >= 4 is 21.8 Å². The van der Waals surface area contributed by atoms with Crippen molar-refractivity contribution in [2.45, 2.75) is 52.9 Å². The van der Waals surface area contributed by atoms with Crippen LogP contribution in [0.15, 0.2) is 139 Å². The second-order valence-corrected chi connectivity index (χ2v) is 14.6. The number of rotatable bonds is 8. The molecule has 274 valence electrons. The molecule has 9 rings (SSSR count). The first-order valence-corrected chi connectivity index (χ1v) is 19.0. The van der Waals surface area contributed by atoms with Crippen LogP contribution in [0.4, 0.5) is 0 Å². The van der Waals surface area contributed by atoms with Gasteiger partial charge in [0.2, 0.25) is 0 Å². The third-order valence-corrected chi connectivity index (χ3v) is 10.9. The summed E-state index contributed by atoms with van der Waals surface area (Å²) in [4.78, 5) is 4.79. The van der Waals surface area contributed by atoms with Gasteiger partial charge in [-0.1, -0.05) is 117 Å². The van der Waals surface area contributed by atoms with Gasteiger partial charge in [0.1, 0.15) is 5.82 Å². The van der Waals surface area contributed by atoms with Gasteiger partial charge in [-0.25, -0.2) is 4.98 Å². The molecule has 0 saturated heterocycles. The fraction of sp³-hybridized carbons (Fsp3) is 0.184. The van der Waals surface area contributed by atoms with Crippen LogP contribution in [-0.2, 0) is 27.5 Å². The van der Waals surface area contributed by atoms with Gasteiger partial charge < -0.3 is 9.30 Å². The Bertz CT molecular complexity index is 2670. The Balaban J connectivity index is 0.00000427. The standard InChI is InChI=1S/C49H42N4O.Pt/c1-5-35-25-26-50-45(29-35)52-43-22-13-12-21-41(43)42-24-23-39(31-44(42)52)54-40-28-32(2)27-38(30-40)53-49(37-19-10-7-11-20-37)47(46-33(3)15-14-16-34(46)4)48(51-53)36-17-8-6-9-18-36;/h6-13,15,17-29,34,46H,5,14,16H2,1-4H3;/q-2;+2/t34-,46?;/m0./s1. The quantitative estimate of drug-likeness (QED) is 0.113. The number of fused-ring (bicyclic) bond motifs is 3. The Morgan fingerprint density at radius 3 is 2.29 bits per heavy atom. The van der Waals surface area contributed by atoms with Crippen molar-refractivity contribution in [3.05, 3.63) is 168 Å². The van der Waals surface area contributed by atoms with Crippen molar-refractivity contribution in [1.82, 2.24) is 19.3 Å². The largest absolute Gasteiger partial charge is 2.00 e. The first-order valence-electron chi connectivity index (χ1n) is 19.0. The predicted octanol–water partition coefficient (Wildman–Crippen LogP) is 12.4. The Hall–Kier alpha value is -5.51. The fourth-order valence-corrected chi connectivity index (χ4v) is 8.34. The molecule has 0 aliphatic heterocycles. The van der Waals surface area contributed by atoms with Crippen LogP contribution in [-0.4, -0.2) is 19.3 Å². The topological polar surface area (TPSA) is 44.9 Å². The van der Waals surface area contributed by atoms with Crippen molar-refractivity contribution < 1.29 is 25.8 Å². The van der Waals surface area contributed by atoms with Gasteiger partial charge in [0.15, 0.2) is 0 Å². The molecule has 8 aromatic rings. The Morgan fingerprint density at radius 2 is 1.53 bits per heavy atom. The fourth-order valence-electron chi connectivity index (χ4n) is 8.34. The molecule has 6 heteroatoms. The molecule has 1 aliphatic rings. The van der Waals surface area contributed by atoms with Crippen molar-refractivity contribution in [1.29, 1.82) is 0 Å². The van der Waals surface area contributed by atoms with E-state index >= 15 is 0 Å². The van der Waals surface area contributed by atoms with E-state index in [0.717, 1.165) is 80.7 Å². The van der Waals surface area contributed by atoms with Crippen LogP contribution >= 0.6 is 0 Å². The normalized spacial score (nSPS) is 15.5. The van der Waals surface area contributed by atoms with E-state index in [1.165, 1.54) is 16.7 Å². The summed E-state index contributed by atoms with van der Waals surface area (Å²) >= 11 is 0. The minimum Gasteiger partial charge on any atom is -0.509 e. The van der Waals surface area contributed by atoms with E-state index < -0.39 is 0 Å². The molecule has 0 amide bonds. The third kappa shape index (κ3) is 6.76. The van der Waals surface area contributed by atoms with E-state index in [9.17, 15) is 0 Å². The van der Waals surface area contributed by atoms with Gasteiger partial charge in [0.25, 0.3) is 0 Å². The maximum Gasteiger partial charge on any atom is 2.00 e. The van der Waals surface area contributed by atoms with Gasteiger partial charge >= 0.3 is 21.1 Å². The summed E-state index contributed by atoms with van der Waals surface area (Å²) in [7, 11) is 0. The Labute approximate surface area is 337 Å². The molecule has 2 atom stereocenters. The van der Waals surface area contributed by atoms with Crippen molar-refractivity contribution in [3.8, 4) is 45.5 Å². The van der Waals surface area contributed by atoms with E-state index in [0.29, 0.717) is 17.4 Å². The number of hydrogen-bond donors (Lipinski definition) is 0. The molecule has 5 aromatic carbocycles. The zero-order valence-electron chi connectivity index (χ0n) is 31.5. The number of ether oxygens (including phenoxy) is 1. The number of hydrogen-bond acceptors (Lipinski definition) is 3. The van der Waals surface area contributed by atoms with Crippen LogP contribution in [0.5, 0.6) is 11.5 Å². The van der Waals surface area contributed by atoms with Gasteiger partial charge in [-0.15, -0.1) is 35.7 Å². The predicted molar refractivity (Wildman–Crippen MR) is 220 cm³/mol. The number of pyridine rings is 1. The molecule has 0 spiro atoms. The van der Waals surface area contributed by atoms with E-state index in [2.05, 4.69) is 164 Å². The summed E-state index contributed by atoms with van der Waals surface area (Å²) in [5.41, 5.74) is 12.1. The molecule has 3 aromatic heterocycles. The number of benzene rings is 5. The summed E-state index contributed by atoms with van der Waals surface area (Å²) in [6, 6.07) is 49.5. The molecule has 1 unspecified atom stereocenters. The molecular formula is C49H42N4OPt. The van der Waals surface area contributed by atoms with Gasteiger partial charge in [0.05, 0.1) is 11.4 Å². The molecule has 0 bridgehead atoms. The van der Waals surface area contributed by atoms with Crippen molar-refractivity contribution in [2.24, 2.45) is 5.92 Å². The number of aryl methyl sites for hydroxylation is 2. The van der Waals surface area contributed by atoms with Crippen LogP contribution in [0.3, 0.4) is 0 Å². The van der Waals surface area contributed by atoms with E-state index in [1.54, 1.807) is 0 Å². The number of nitrogens with zero attached hydrogens (tertiary/aromatic N) is 4. The first-order chi connectivity index (χ1) is 26.5. The smallest absolute Gasteiger partial charge is 0.509 e. The van der Waals surface area contributed by atoms with E-state index in [1.807, 2.05) is 18.3 Å². The SMILES string of the molecule is CCc1ccnc(-n2c3[c-]c(Oc4[c-]c(-n5nc(-c6ccccc6)c(C6C(C)=CCC[C@@H]6C)c5-c5ccccc5)cc(C)c4)ccc3c3ccccc32)c1.[Pt+2]. The number of para-hydroxylation sites is 1. The number of allylic oxidation sites excluding steroid dienone is 2. The minimum absolute atomic E-state index is 0. The molecule has 0 fully saturated rings. The molecule has 0 N–H and O–H groups in total. The molecular weight excluding hydrogens is 856 g/mol. The number of aromatic nitrogens is 4. The molecule has 3 heterocycles. The Morgan fingerprint density at radius 1 is 0.782 bits per heavy atom. The maximum atomic E-state index is 6.68. The first kappa shape index (κ1) is 36.5. The zero-order valence-corrected chi connectivity index (χ0v) is 33.8. The Kier molecular flexibility index (Phi) is 10.2. The molecule has 0 saturated carbocycles. The zero-order chi connectivity index (χ0) is 36.8. The second kappa shape index (κ2) is 15.3. The van der Waals surface area contributed by atoms with Crippen LogP contribution in [0, 0.1) is 25.0 Å². The summed E-state index contributed by atoms with van der Waals surface area (Å²) in [6.45, 7) is 8.94. The average Bonchev–Trinajstić information content (AvgIpc) is 3.75. The molecule has 5 nitrogen and oxygen atoms in total. The van der Waals surface area contributed by atoms with Gasteiger partial charge in [-0.2, -0.15) is 16.7 Å².